The first-order chi connectivity index (χ1) is 14.2. The van der Waals surface area contributed by atoms with Crippen LogP contribution in [0.4, 0.5) is 4.39 Å². The second-order valence-electron chi connectivity index (χ2n) is 7.83. The van der Waals surface area contributed by atoms with Crippen molar-refractivity contribution >= 4 is 22.9 Å². The number of benzene rings is 2. The summed E-state index contributed by atoms with van der Waals surface area (Å²) in [5.41, 5.74) is 3.55. The number of nitrogens with zero attached hydrogens (tertiary/aromatic N) is 3. The van der Waals surface area contributed by atoms with Crippen molar-refractivity contribution in [2.24, 2.45) is 5.92 Å². The molecule has 0 amide bonds. The van der Waals surface area contributed by atoms with Gasteiger partial charge in [0.1, 0.15) is 5.82 Å². The third-order valence-corrected chi connectivity index (χ3v) is 6.89. The van der Waals surface area contributed by atoms with Gasteiger partial charge in [-0.05, 0) is 73.2 Å². The summed E-state index contributed by atoms with van der Waals surface area (Å²) in [6.07, 6.45) is 7.11. The Hall–Kier alpha value is -2.57. The van der Waals surface area contributed by atoms with Crippen LogP contribution >= 0.6 is 11.9 Å². The summed E-state index contributed by atoms with van der Waals surface area (Å²) < 4.78 is 18.2. The first kappa shape index (κ1) is 18.5. The molecule has 0 bridgehead atoms. The van der Waals surface area contributed by atoms with Crippen LogP contribution in [-0.4, -0.2) is 31.7 Å². The van der Waals surface area contributed by atoms with Gasteiger partial charge in [-0.3, -0.25) is 5.10 Å². The highest BCUT2D eigenvalue weighted by atomic mass is 32.2. The number of fused-ring (bicyclic) bond motifs is 1. The lowest BCUT2D eigenvalue weighted by Crippen LogP contribution is -2.19. The molecule has 0 saturated carbocycles. The number of aromatic amines is 1. The third kappa shape index (κ3) is 3.82. The number of nitrogens with one attached hydrogen (secondary N) is 1. The van der Waals surface area contributed by atoms with Crippen LogP contribution in [0.2, 0.25) is 0 Å². The molecule has 1 saturated heterocycles. The van der Waals surface area contributed by atoms with Crippen LogP contribution in [0, 0.1) is 11.7 Å². The van der Waals surface area contributed by atoms with E-state index in [4.69, 9.17) is 0 Å². The van der Waals surface area contributed by atoms with Gasteiger partial charge in [0.05, 0.1) is 6.20 Å². The highest BCUT2D eigenvalue weighted by molar-refractivity contribution is 7.97. The van der Waals surface area contributed by atoms with E-state index in [0.717, 1.165) is 30.0 Å². The third-order valence-electron chi connectivity index (χ3n) is 5.68. The minimum Gasteiger partial charge on any atom is -0.347 e. The molecule has 2 aromatic heterocycles. The average molecular weight is 407 g/mol. The number of rotatable bonds is 5. The van der Waals surface area contributed by atoms with E-state index in [9.17, 15) is 4.39 Å². The van der Waals surface area contributed by atoms with Crippen molar-refractivity contribution in [2.75, 3.05) is 6.54 Å². The van der Waals surface area contributed by atoms with E-state index in [1.165, 1.54) is 22.5 Å². The Morgan fingerprint density at radius 2 is 2.10 bits per heavy atom. The fourth-order valence-electron chi connectivity index (χ4n) is 4.25. The standard InChI is InChI=1S/C23H23FN4S/c1-16-9-17(15-28(16)29-22-4-2-3-21(24)11-22)14-27-8-7-19-10-18(5-6-23(19)27)20-12-25-26-13-20/h2-8,10-13,16-17H,9,14-15H2,1H3,(H,25,26). The molecular formula is C23H23FN4S. The second kappa shape index (κ2) is 7.69. The molecule has 0 spiro atoms. The monoisotopic (exact) mass is 406 g/mol. The lowest BCUT2D eigenvalue weighted by Gasteiger charge is -2.19. The van der Waals surface area contributed by atoms with E-state index >= 15 is 0 Å². The molecule has 1 aliphatic rings. The minimum absolute atomic E-state index is 0.174. The SMILES string of the molecule is CC1CC(Cn2ccc3cc(-c4cn[nH]c4)ccc32)CN1Sc1cccc(F)c1. The van der Waals surface area contributed by atoms with Crippen molar-refractivity contribution in [3.05, 3.63) is 72.9 Å². The zero-order valence-electron chi connectivity index (χ0n) is 16.3. The molecule has 29 heavy (non-hydrogen) atoms. The van der Waals surface area contributed by atoms with E-state index in [2.05, 4.69) is 56.5 Å². The van der Waals surface area contributed by atoms with E-state index in [0.29, 0.717) is 12.0 Å². The largest absolute Gasteiger partial charge is 0.347 e. The summed E-state index contributed by atoms with van der Waals surface area (Å²) in [7, 11) is 0. The molecule has 1 aliphatic heterocycles. The van der Waals surface area contributed by atoms with Crippen LogP contribution in [-0.2, 0) is 6.54 Å². The first-order valence-electron chi connectivity index (χ1n) is 9.94. The molecular weight excluding hydrogens is 383 g/mol. The number of aromatic nitrogens is 3. The van der Waals surface area contributed by atoms with E-state index in [-0.39, 0.29) is 5.82 Å². The number of hydrogen-bond acceptors (Lipinski definition) is 3. The molecule has 6 heteroatoms. The quantitative estimate of drug-likeness (QED) is 0.439. The van der Waals surface area contributed by atoms with Gasteiger partial charge in [-0.25, -0.2) is 8.70 Å². The summed E-state index contributed by atoms with van der Waals surface area (Å²) in [6, 6.07) is 16.1. The number of H-pyrrole nitrogens is 1. The summed E-state index contributed by atoms with van der Waals surface area (Å²) >= 11 is 1.67. The zero-order valence-corrected chi connectivity index (χ0v) is 17.1. The average Bonchev–Trinajstić information content (AvgIpc) is 3.44. The fourth-order valence-corrected chi connectivity index (χ4v) is 5.38. The van der Waals surface area contributed by atoms with Crippen molar-refractivity contribution in [1.82, 2.24) is 19.1 Å². The summed E-state index contributed by atoms with van der Waals surface area (Å²) in [5, 5.41) is 8.17. The zero-order chi connectivity index (χ0) is 19.8. The fraction of sp³-hybridized carbons (Fsp3) is 0.261. The van der Waals surface area contributed by atoms with Crippen molar-refractivity contribution < 1.29 is 4.39 Å². The predicted octanol–water partition coefficient (Wildman–Crippen LogP) is 5.59. The highest BCUT2D eigenvalue weighted by Gasteiger charge is 2.30. The topological polar surface area (TPSA) is 36.9 Å². The molecule has 148 valence electrons. The van der Waals surface area contributed by atoms with Crippen molar-refractivity contribution in [3.8, 4) is 11.1 Å². The smallest absolute Gasteiger partial charge is 0.124 e. The molecule has 2 atom stereocenters. The maximum Gasteiger partial charge on any atom is 0.124 e. The van der Waals surface area contributed by atoms with Gasteiger partial charge in [0, 0.05) is 52.9 Å². The molecule has 5 rings (SSSR count). The lowest BCUT2D eigenvalue weighted by molar-refractivity contribution is 0.450. The van der Waals surface area contributed by atoms with E-state index in [1.807, 2.05) is 18.5 Å². The molecule has 3 heterocycles. The Balaban J connectivity index is 1.30. The Morgan fingerprint density at radius 1 is 1.17 bits per heavy atom. The van der Waals surface area contributed by atoms with Crippen LogP contribution in [0.1, 0.15) is 13.3 Å². The molecule has 0 radical (unpaired) electrons. The van der Waals surface area contributed by atoms with Crippen molar-refractivity contribution in [1.29, 1.82) is 0 Å². The number of halogens is 1. The molecule has 1 fully saturated rings. The maximum atomic E-state index is 13.5. The first-order valence-corrected chi connectivity index (χ1v) is 10.7. The number of hydrogen-bond donors (Lipinski definition) is 1. The van der Waals surface area contributed by atoms with Crippen LogP contribution in [0.25, 0.3) is 22.0 Å². The van der Waals surface area contributed by atoms with Crippen LogP contribution in [0.3, 0.4) is 0 Å². The van der Waals surface area contributed by atoms with E-state index in [1.54, 1.807) is 24.1 Å². The van der Waals surface area contributed by atoms with Gasteiger partial charge < -0.3 is 4.57 Å². The summed E-state index contributed by atoms with van der Waals surface area (Å²) in [4.78, 5) is 0.968. The predicted molar refractivity (Wildman–Crippen MR) is 116 cm³/mol. The Labute approximate surface area is 173 Å². The molecule has 2 aromatic carbocycles. The molecule has 1 N–H and O–H groups in total. The van der Waals surface area contributed by atoms with Gasteiger partial charge in [0.25, 0.3) is 0 Å². The Morgan fingerprint density at radius 3 is 2.93 bits per heavy atom. The van der Waals surface area contributed by atoms with Crippen molar-refractivity contribution in [2.45, 2.75) is 30.8 Å². The van der Waals surface area contributed by atoms with Crippen LogP contribution < -0.4 is 0 Å². The van der Waals surface area contributed by atoms with Crippen molar-refractivity contribution in [3.63, 3.8) is 0 Å². The van der Waals surface area contributed by atoms with Gasteiger partial charge in [0.15, 0.2) is 0 Å². The second-order valence-corrected chi connectivity index (χ2v) is 8.95. The molecule has 4 aromatic rings. The van der Waals surface area contributed by atoms with Gasteiger partial charge >= 0.3 is 0 Å². The lowest BCUT2D eigenvalue weighted by atomic mass is 10.1. The van der Waals surface area contributed by atoms with Gasteiger partial charge in [-0.2, -0.15) is 5.10 Å². The molecule has 4 nitrogen and oxygen atoms in total. The van der Waals surface area contributed by atoms with Gasteiger partial charge in [-0.15, -0.1) is 0 Å². The van der Waals surface area contributed by atoms with Gasteiger partial charge in [0.2, 0.25) is 0 Å². The summed E-state index contributed by atoms with van der Waals surface area (Å²) in [5.74, 6) is 0.405. The summed E-state index contributed by atoms with van der Waals surface area (Å²) in [6.45, 7) is 4.27. The minimum atomic E-state index is -0.174. The van der Waals surface area contributed by atoms with Crippen LogP contribution in [0.15, 0.2) is 72.0 Å². The Bertz CT molecular complexity index is 1120. The molecule has 0 aliphatic carbocycles. The maximum absolute atomic E-state index is 13.5. The van der Waals surface area contributed by atoms with Gasteiger partial charge in [-0.1, -0.05) is 12.1 Å². The van der Waals surface area contributed by atoms with Crippen LogP contribution in [0.5, 0.6) is 0 Å². The molecule has 2 unspecified atom stereocenters. The van der Waals surface area contributed by atoms with E-state index < -0.39 is 0 Å². The normalized spacial score (nSPS) is 19.9. The highest BCUT2D eigenvalue weighted by Crippen LogP contribution is 2.35. The Kier molecular flexibility index (Phi) is 4.89.